The zero-order valence-electron chi connectivity index (χ0n) is 6.45. The van der Waals surface area contributed by atoms with Crippen LogP contribution in [0.15, 0.2) is 29.1 Å². The minimum atomic E-state index is -0.157. The van der Waals surface area contributed by atoms with E-state index in [9.17, 15) is 4.79 Å². The Morgan fingerprint density at radius 3 is 2.92 bits per heavy atom. The highest BCUT2D eigenvalue weighted by atomic mass is 35.5. The molecule has 0 aliphatic carbocycles. The summed E-state index contributed by atoms with van der Waals surface area (Å²) >= 11 is 6.69. The summed E-state index contributed by atoms with van der Waals surface area (Å²) in [6.45, 7) is 0. The van der Waals surface area contributed by atoms with Crippen molar-refractivity contribution in [3.05, 3.63) is 39.0 Å². The van der Waals surface area contributed by atoms with Crippen molar-refractivity contribution in [3.63, 3.8) is 0 Å². The summed E-state index contributed by atoms with van der Waals surface area (Å²) in [7, 11) is 0. The van der Waals surface area contributed by atoms with Gasteiger partial charge in [0.15, 0.2) is 5.82 Å². The van der Waals surface area contributed by atoms with Gasteiger partial charge >= 0.3 is 4.87 Å². The minimum Gasteiger partial charge on any atom is -0.296 e. The molecule has 5 heteroatoms. The van der Waals surface area contributed by atoms with E-state index in [4.69, 9.17) is 11.6 Å². The summed E-state index contributed by atoms with van der Waals surface area (Å²) in [6.07, 6.45) is 0. The van der Waals surface area contributed by atoms with Crippen LogP contribution in [0.1, 0.15) is 0 Å². The lowest BCUT2D eigenvalue weighted by Crippen LogP contribution is -1.92. The lowest BCUT2D eigenvalue weighted by atomic mass is 10.2. The van der Waals surface area contributed by atoms with Crippen LogP contribution in [-0.4, -0.2) is 9.36 Å². The van der Waals surface area contributed by atoms with Gasteiger partial charge < -0.3 is 0 Å². The molecule has 0 radical (unpaired) electrons. The Morgan fingerprint density at radius 1 is 1.46 bits per heavy atom. The maximum atomic E-state index is 10.8. The lowest BCUT2D eigenvalue weighted by Gasteiger charge is -1.94. The summed E-state index contributed by atoms with van der Waals surface area (Å²) in [6, 6.07) is 7.19. The van der Waals surface area contributed by atoms with Crippen LogP contribution in [0.3, 0.4) is 0 Å². The van der Waals surface area contributed by atoms with E-state index >= 15 is 0 Å². The van der Waals surface area contributed by atoms with Crippen LogP contribution < -0.4 is 4.87 Å². The number of halogens is 1. The molecule has 0 unspecified atom stereocenters. The van der Waals surface area contributed by atoms with Crippen LogP contribution in [0, 0.1) is 0 Å². The van der Waals surface area contributed by atoms with Crippen LogP contribution in [0.25, 0.3) is 11.4 Å². The van der Waals surface area contributed by atoms with E-state index < -0.39 is 0 Å². The first-order chi connectivity index (χ1) is 6.25. The van der Waals surface area contributed by atoms with Gasteiger partial charge in [-0.2, -0.15) is 4.37 Å². The molecule has 13 heavy (non-hydrogen) atoms. The average Bonchev–Trinajstić information content (AvgIpc) is 2.52. The molecule has 1 aromatic heterocycles. The normalized spacial score (nSPS) is 10.2. The molecule has 0 atom stereocenters. The Bertz CT molecular complexity index is 477. The van der Waals surface area contributed by atoms with Crippen LogP contribution in [0.4, 0.5) is 0 Å². The molecule has 2 rings (SSSR count). The molecule has 1 N–H and O–H groups in total. The lowest BCUT2D eigenvalue weighted by molar-refractivity contribution is 1.28. The molecule has 0 saturated carbocycles. The molecule has 0 saturated heterocycles. The quantitative estimate of drug-likeness (QED) is 0.788. The Balaban J connectivity index is 2.52. The SMILES string of the molecule is O=c1[nH]c(-c2cccc(Cl)c2)ns1. The molecule has 0 bridgehead atoms. The van der Waals surface area contributed by atoms with Gasteiger partial charge in [-0.3, -0.25) is 9.78 Å². The Hall–Kier alpha value is -1.13. The van der Waals surface area contributed by atoms with Crippen molar-refractivity contribution >= 4 is 23.1 Å². The van der Waals surface area contributed by atoms with E-state index in [0.717, 1.165) is 17.1 Å². The zero-order chi connectivity index (χ0) is 9.26. The third-order valence-corrected chi connectivity index (χ3v) is 2.32. The molecule has 1 aromatic carbocycles. The second kappa shape index (κ2) is 3.32. The van der Waals surface area contributed by atoms with Gasteiger partial charge in [-0.1, -0.05) is 23.7 Å². The number of rotatable bonds is 1. The second-order valence-corrected chi connectivity index (χ2v) is 3.63. The van der Waals surface area contributed by atoms with Gasteiger partial charge in [0.1, 0.15) is 0 Å². The van der Waals surface area contributed by atoms with Crippen molar-refractivity contribution in [2.45, 2.75) is 0 Å². The molecule has 66 valence electrons. The molecule has 1 heterocycles. The third kappa shape index (κ3) is 1.79. The van der Waals surface area contributed by atoms with Gasteiger partial charge in [0.2, 0.25) is 0 Å². The summed E-state index contributed by atoms with van der Waals surface area (Å²) in [5.74, 6) is 0.567. The van der Waals surface area contributed by atoms with Crippen LogP contribution >= 0.6 is 23.1 Å². The average molecular weight is 213 g/mol. The van der Waals surface area contributed by atoms with E-state index in [0.29, 0.717) is 10.8 Å². The van der Waals surface area contributed by atoms with Crippen molar-refractivity contribution < 1.29 is 0 Å². The number of benzene rings is 1. The van der Waals surface area contributed by atoms with Crippen molar-refractivity contribution in [1.82, 2.24) is 9.36 Å². The highest BCUT2D eigenvalue weighted by Gasteiger charge is 2.01. The number of hydrogen-bond acceptors (Lipinski definition) is 3. The second-order valence-electron chi connectivity index (χ2n) is 2.45. The first-order valence-corrected chi connectivity index (χ1v) is 4.73. The zero-order valence-corrected chi connectivity index (χ0v) is 8.02. The molecule has 0 spiro atoms. The molecule has 0 fully saturated rings. The predicted molar refractivity (Wildman–Crippen MR) is 53.2 cm³/mol. The number of aromatic nitrogens is 2. The number of hydrogen-bond donors (Lipinski definition) is 1. The molecular weight excluding hydrogens is 208 g/mol. The standard InChI is InChI=1S/C8H5ClN2OS/c9-6-3-1-2-5(4-6)7-10-8(12)13-11-7/h1-4H,(H,10,11,12). The first-order valence-electron chi connectivity index (χ1n) is 3.57. The molecular formula is C8H5ClN2OS. The number of nitrogens with zero attached hydrogens (tertiary/aromatic N) is 1. The summed E-state index contributed by atoms with van der Waals surface area (Å²) in [4.78, 5) is 13.3. The van der Waals surface area contributed by atoms with Gasteiger partial charge in [-0.15, -0.1) is 0 Å². The maximum absolute atomic E-state index is 10.8. The Labute approximate surface area is 83.2 Å². The minimum absolute atomic E-state index is 0.157. The van der Waals surface area contributed by atoms with Crippen molar-refractivity contribution in [2.75, 3.05) is 0 Å². The fourth-order valence-electron chi connectivity index (χ4n) is 0.990. The summed E-state index contributed by atoms with van der Waals surface area (Å²) in [5.41, 5.74) is 0.825. The Morgan fingerprint density at radius 2 is 2.31 bits per heavy atom. The molecule has 0 aliphatic rings. The summed E-state index contributed by atoms with van der Waals surface area (Å²) < 4.78 is 3.94. The van der Waals surface area contributed by atoms with Gasteiger partial charge in [0.25, 0.3) is 0 Å². The van der Waals surface area contributed by atoms with Gasteiger partial charge in [-0.25, -0.2) is 0 Å². The van der Waals surface area contributed by atoms with Crippen molar-refractivity contribution in [2.24, 2.45) is 0 Å². The van der Waals surface area contributed by atoms with E-state index in [1.54, 1.807) is 12.1 Å². The van der Waals surface area contributed by atoms with Crippen LogP contribution in [-0.2, 0) is 0 Å². The highest BCUT2D eigenvalue weighted by Crippen LogP contribution is 2.18. The fourth-order valence-corrected chi connectivity index (χ4v) is 1.65. The number of nitrogens with one attached hydrogen (secondary N) is 1. The third-order valence-electron chi connectivity index (χ3n) is 1.54. The summed E-state index contributed by atoms with van der Waals surface area (Å²) in [5, 5.41) is 0.631. The molecule has 2 aromatic rings. The van der Waals surface area contributed by atoms with Crippen LogP contribution in [0.2, 0.25) is 5.02 Å². The first kappa shape index (κ1) is 8.47. The molecule has 3 nitrogen and oxygen atoms in total. The number of H-pyrrole nitrogens is 1. The topological polar surface area (TPSA) is 45.8 Å². The van der Waals surface area contributed by atoms with Crippen molar-refractivity contribution in [1.29, 1.82) is 0 Å². The molecule has 0 amide bonds. The van der Waals surface area contributed by atoms with Crippen molar-refractivity contribution in [3.8, 4) is 11.4 Å². The molecule has 0 aliphatic heterocycles. The van der Waals surface area contributed by atoms with E-state index in [-0.39, 0.29) is 4.87 Å². The maximum Gasteiger partial charge on any atom is 0.323 e. The van der Waals surface area contributed by atoms with E-state index in [1.807, 2.05) is 12.1 Å². The predicted octanol–water partition coefficient (Wildman–Crippen LogP) is 2.15. The van der Waals surface area contributed by atoms with Crippen LogP contribution in [0.5, 0.6) is 0 Å². The van der Waals surface area contributed by atoms with E-state index in [1.165, 1.54) is 0 Å². The number of aromatic amines is 1. The van der Waals surface area contributed by atoms with Gasteiger partial charge in [0, 0.05) is 22.1 Å². The Kier molecular flexibility index (Phi) is 2.16. The largest absolute Gasteiger partial charge is 0.323 e. The monoisotopic (exact) mass is 212 g/mol. The highest BCUT2D eigenvalue weighted by molar-refractivity contribution is 7.03. The van der Waals surface area contributed by atoms with Gasteiger partial charge in [0.05, 0.1) is 0 Å². The fraction of sp³-hybridized carbons (Fsp3) is 0. The van der Waals surface area contributed by atoms with E-state index in [2.05, 4.69) is 9.36 Å². The van der Waals surface area contributed by atoms with Gasteiger partial charge in [-0.05, 0) is 12.1 Å². The smallest absolute Gasteiger partial charge is 0.296 e.